The molecule has 0 bridgehead atoms. The van der Waals surface area contributed by atoms with Gasteiger partial charge in [-0.3, -0.25) is 0 Å². The molecule has 0 radical (unpaired) electrons. The SMILES string of the molecule is CCCC(C)(N)c1nc(-c2ccc(F)c(OC)c2)no1. The maximum atomic E-state index is 13.4. The second kappa shape index (κ2) is 5.58. The largest absolute Gasteiger partial charge is 0.494 e. The molecule has 1 atom stereocenters. The molecule has 20 heavy (non-hydrogen) atoms. The Morgan fingerprint density at radius 2 is 2.20 bits per heavy atom. The molecule has 0 saturated heterocycles. The fourth-order valence-electron chi connectivity index (χ4n) is 2.00. The number of aromatic nitrogens is 2. The Morgan fingerprint density at radius 1 is 1.45 bits per heavy atom. The van der Waals surface area contributed by atoms with E-state index in [9.17, 15) is 4.39 Å². The smallest absolute Gasteiger partial charge is 0.246 e. The summed E-state index contributed by atoms with van der Waals surface area (Å²) in [6.07, 6.45) is 1.65. The maximum Gasteiger partial charge on any atom is 0.246 e. The number of nitrogens with zero attached hydrogens (tertiary/aromatic N) is 2. The number of hydrogen-bond acceptors (Lipinski definition) is 5. The van der Waals surface area contributed by atoms with Crippen LogP contribution in [0.3, 0.4) is 0 Å². The van der Waals surface area contributed by atoms with E-state index in [1.807, 2.05) is 13.8 Å². The fourth-order valence-corrected chi connectivity index (χ4v) is 2.00. The van der Waals surface area contributed by atoms with Gasteiger partial charge in [0.15, 0.2) is 11.6 Å². The lowest BCUT2D eigenvalue weighted by atomic mass is 9.98. The third-order valence-corrected chi connectivity index (χ3v) is 3.09. The molecule has 6 heteroatoms. The van der Waals surface area contributed by atoms with Gasteiger partial charge in [0.2, 0.25) is 11.7 Å². The van der Waals surface area contributed by atoms with Crippen LogP contribution in [0.15, 0.2) is 22.7 Å². The van der Waals surface area contributed by atoms with Crippen LogP contribution in [0.5, 0.6) is 5.75 Å². The Hall–Kier alpha value is -1.95. The second-order valence-corrected chi connectivity index (χ2v) is 4.94. The number of rotatable bonds is 5. The number of methoxy groups -OCH3 is 1. The molecule has 0 aliphatic rings. The predicted octanol–water partition coefficient (Wildman–Crippen LogP) is 2.86. The lowest BCUT2D eigenvalue weighted by molar-refractivity contribution is 0.284. The molecule has 2 rings (SSSR count). The first-order chi connectivity index (χ1) is 9.47. The normalized spacial score (nSPS) is 14.1. The summed E-state index contributed by atoms with van der Waals surface area (Å²) in [7, 11) is 1.40. The van der Waals surface area contributed by atoms with Gasteiger partial charge in [-0.2, -0.15) is 4.98 Å². The summed E-state index contributed by atoms with van der Waals surface area (Å²) in [5.74, 6) is 0.441. The molecule has 2 aromatic rings. The van der Waals surface area contributed by atoms with Crippen molar-refractivity contribution in [3.05, 3.63) is 29.9 Å². The third kappa shape index (κ3) is 2.80. The molecule has 0 aliphatic heterocycles. The van der Waals surface area contributed by atoms with Crippen molar-refractivity contribution in [3.8, 4) is 17.1 Å². The second-order valence-electron chi connectivity index (χ2n) is 4.94. The van der Waals surface area contributed by atoms with E-state index in [4.69, 9.17) is 15.0 Å². The number of ether oxygens (including phenoxy) is 1. The monoisotopic (exact) mass is 279 g/mol. The molecule has 0 amide bonds. The summed E-state index contributed by atoms with van der Waals surface area (Å²) in [6, 6.07) is 4.40. The summed E-state index contributed by atoms with van der Waals surface area (Å²) in [6.45, 7) is 3.88. The van der Waals surface area contributed by atoms with E-state index in [0.29, 0.717) is 17.3 Å². The average Bonchev–Trinajstić information content (AvgIpc) is 2.89. The number of nitrogens with two attached hydrogens (primary N) is 1. The van der Waals surface area contributed by atoms with Crippen molar-refractivity contribution in [1.29, 1.82) is 0 Å². The highest BCUT2D eigenvalue weighted by atomic mass is 19.1. The highest BCUT2D eigenvalue weighted by Gasteiger charge is 2.27. The van der Waals surface area contributed by atoms with Gasteiger partial charge in [0.1, 0.15) is 0 Å². The molecule has 0 spiro atoms. The van der Waals surface area contributed by atoms with Crippen LogP contribution >= 0.6 is 0 Å². The van der Waals surface area contributed by atoms with Crippen LogP contribution in [-0.4, -0.2) is 17.3 Å². The molecule has 2 N–H and O–H groups in total. The van der Waals surface area contributed by atoms with Crippen LogP contribution in [0.25, 0.3) is 11.4 Å². The summed E-state index contributed by atoms with van der Waals surface area (Å²) in [5.41, 5.74) is 6.09. The van der Waals surface area contributed by atoms with Crippen LogP contribution in [-0.2, 0) is 5.54 Å². The van der Waals surface area contributed by atoms with Gasteiger partial charge in [0.25, 0.3) is 0 Å². The minimum atomic E-state index is -0.663. The van der Waals surface area contributed by atoms with Gasteiger partial charge >= 0.3 is 0 Å². The molecule has 0 fully saturated rings. The van der Waals surface area contributed by atoms with Crippen molar-refractivity contribution in [1.82, 2.24) is 10.1 Å². The molecule has 108 valence electrons. The van der Waals surface area contributed by atoms with Crippen molar-refractivity contribution < 1.29 is 13.7 Å². The van der Waals surface area contributed by atoms with Gasteiger partial charge < -0.3 is 15.0 Å². The third-order valence-electron chi connectivity index (χ3n) is 3.09. The minimum absolute atomic E-state index is 0.137. The van der Waals surface area contributed by atoms with Crippen LogP contribution in [0.2, 0.25) is 0 Å². The summed E-state index contributed by atoms with van der Waals surface area (Å²) in [5, 5.41) is 3.90. The topological polar surface area (TPSA) is 74.2 Å². The molecular weight excluding hydrogens is 261 g/mol. The zero-order valence-electron chi connectivity index (χ0n) is 11.8. The van der Waals surface area contributed by atoms with Gasteiger partial charge in [-0.15, -0.1) is 0 Å². The predicted molar refractivity (Wildman–Crippen MR) is 72.7 cm³/mol. The highest BCUT2D eigenvalue weighted by molar-refractivity contribution is 5.57. The molecule has 1 unspecified atom stereocenters. The fraction of sp³-hybridized carbons (Fsp3) is 0.429. The maximum absolute atomic E-state index is 13.4. The Labute approximate surface area is 116 Å². The van der Waals surface area contributed by atoms with Crippen molar-refractivity contribution in [2.45, 2.75) is 32.2 Å². The van der Waals surface area contributed by atoms with E-state index in [0.717, 1.165) is 12.8 Å². The molecule has 1 aromatic heterocycles. The molecule has 1 aromatic carbocycles. The Morgan fingerprint density at radius 3 is 2.85 bits per heavy atom. The first-order valence-corrected chi connectivity index (χ1v) is 6.45. The van der Waals surface area contributed by atoms with Crippen molar-refractivity contribution in [3.63, 3.8) is 0 Å². The van der Waals surface area contributed by atoms with Crippen molar-refractivity contribution in [2.24, 2.45) is 5.73 Å². The summed E-state index contributed by atoms with van der Waals surface area (Å²) >= 11 is 0. The first-order valence-electron chi connectivity index (χ1n) is 6.45. The molecule has 0 aliphatic carbocycles. The van der Waals surface area contributed by atoms with Crippen LogP contribution in [0, 0.1) is 5.82 Å². The van der Waals surface area contributed by atoms with E-state index >= 15 is 0 Å². The standard InChI is InChI=1S/C14H18FN3O2/c1-4-7-14(2,16)13-17-12(18-20-13)9-5-6-10(15)11(8-9)19-3/h5-6,8H,4,7,16H2,1-3H3. The van der Waals surface area contributed by atoms with Gasteiger partial charge in [-0.1, -0.05) is 18.5 Å². The lowest BCUT2D eigenvalue weighted by Crippen LogP contribution is -2.33. The van der Waals surface area contributed by atoms with E-state index in [-0.39, 0.29) is 5.75 Å². The van der Waals surface area contributed by atoms with Gasteiger partial charge in [0.05, 0.1) is 12.6 Å². The quantitative estimate of drug-likeness (QED) is 0.911. The van der Waals surface area contributed by atoms with Crippen molar-refractivity contribution >= 4 is 0 Å². The van der Waals surface area contributed by atoms with Gasteiger partial charge in [0, 0.05) is 5.56 Å². The van der Waals surface area contributed by atoms with Crippen LogP contribution < -0.4 is 10.5 Å². The van der Waals surface area contributed by atoms with E-state index in [1.165, 1.54) is 19.2 Å². The van der Waals surface area contributed by atoms with Crippen LogP contribution in [0.1, 0.15) is 32.6 Å². The Kier molecular flexibility index (Phi) is 4.04. The molecule has 1 heterocycles. The van der Waals surface area contributed by atoms with Crippen LogP contribution in [0.4, 0.5) is 4.39 Å². The van der Waals surface area contributed by atoms with Gasteiger partial charge in [-0.25, -0.2) is 4.39 Å². The van der Waals surface area contributed by atoms with Gasteiger partial charge in [-0.05, 0) is 31.5 Å². The molecule has 5 nitrogen and oxygen atoms in total. The lowest BCUT2D eigenvalue weighted by Gasteiger charge is -2.18. The number of hydrogen-bond donors (Lipinski definition) is 1. The van der Waals surface area contributed by atoms with E-state index in [2.05, 4.69) is 10.1 Å². The van der Waals surface area contributed by atoms with E-state index < -0.39 is 11.4 Å². The first kappa shape index (κ1) is 14.5. The summed E-state index contributed by atoms with van der Waals surface area (Å²) < 4.78 is 23.5. The molecule has 0 saturated carbocycles. The molecular formula is C14H18FN3O2. The Balaban J connectivity index is 2.33. The van der Waals surface area contributed by atoms with E-state index in [1.54, 1.807) is 6.07 Å². The Bertz CT molecular complexity index is 596. The number of halogens is 1. The van der Waals surface area contributed by atoms with Crippen molar-refractivity contribution in [2.75, 3.05) is 7.11 Å². The zero-order chi connectivity index (χ0) is 14.8. The average molecular weight is 279 g/mol. The summed E-state index contributed by atoms with van der Waals surface area (Å²) in [4.78, 5) is 4.30. The zero-order valence-corrected chi connectivity index (χ0v) is 11.8. The number of benzene rings is 1. The minimum Gasteiger partial charge on any atom is -0.494 e. The highest BCUT2D eigenvalue weighted by Crippen LogP contribution is 2.27.